The highest BCUT2D eigenvalue weighted by Gasteiger charge is 2.41. The predicted molar refractivity (Wildman–Crippen MR) is 110 cm³/mol. The SMILES string of the molecule is CCc1cc(CCC(O)(CC2=CC(=O)OC(C)(C)O2)C2CCCC2)ccc1C. The van der Waals surface area contributed by atoms with E-state index in [4.69, 9.17) is 9.47 Å². The van der Waals surface area contributed by atoms with Crippen LogP contribution in [0, 0.1) is 12.8 Å². The van der Waals surface area contributed by atoms with Gasteiger partial charge in [-0.3, -0.25) is 0 Å². The maximum Gasteiger partial charge on any atom is 0.337 e. The summed E-state index contributed by atoms with van der Waals surface area (Å²) in [6.45, 7) is 7.77. The number of hydrogen-bond donors (Lipinski definition) is 1. The zero-order valence-corrected chi connectivity index (χ0v) is 17.7. The van der Waals surface area contributed by atoms with Gasteiger partial charge < -0.3 is 14.6 Å². The third-order valence-corrected chi connectivity index (χ3v) is 6.24. The third kappa shape index (κ3) is 4.96. The molecule has 1 saturated carbocycles. The maximum absolute atomic E-state index is 11.9. The van der Waals surface area contributed by atoms with E-state index in [1.165, 1.54) is 22.8 Å². The number of carbonyl (C=O) groups excluding carboxylic acids is 1. The minimum Gasteiger partial charge on any atom is -0.457 e. The first-order chi connectivity index (χ1) is 13.2. The summed E-state index contributed by atoms with van der Waals surface area (Å²) in [6, 6.07) is 6.61. The van der Waals surface area contributed by atoms with Crippen LogP contribution in [-0.4, -0.2) is 22.5 Å². The summed E-state index contributed by atoms with van der Waals surface area (Å²) < 4.78 is 11.1. The summed E-state index contributed by atoms with van der Waals surface area (Å²) in [4.78, 5) is 11.9. The van der Waals surface area contributed by atoms with E-state index in [2.05, 4.69) is 32.0 Å². The quantitative estimate of drug-likeness (QED) is 0.671. The molecule has 1 unspecified atom stereocenters. The van der Waals surface area contributed by atoms with Gasteiger partial charge in [0.15, 0.2) is 0 Å². The number of benzene rings is 1. The molecule has 4 heteroatoms. The van der Waals surface area contributed by atoms with Crippen LogP contribution in [0.1, 0.15) is 76.0 Å². The molecule has 0 saturated heterocycles. The Labute approximate surface area is 168 Å². The second-order valence-electron chi connectivity index (χ2n) is 8.91. The first kappa shape index (κ1) is 20.9. The van der Waals surface area contributed by atoms with E-state index >= 15 is 0 Å². The van der Waals surface area contributed by atoms with Crippen LogP contribution in [0.5, 0.6) is 0 Å². The van der Waals surface area contributed by atoms with Crippen LogP contribution < -0.4 is 0 Å². The van der Waals surface area contributed by atoms with E-state index in [9.17, 15) is 9.90 Å². The van der Waals surface area contributed by atoms with Crippen molar-refractivity contribution in [1.29, 1.82) is 0 Å². The van der Waals surface area contributed by atoms with Crippen molar-refractivity contribution in [2.24, 2.45) is 5.92 Å². The van der Waals surface area contributed by atoms with E-state index in [0.29, 0.717) is 18.6 Å². The van der Waals surface area contributed by atoms with Gasteiger partial charge in [-0.2, -0.15) is 0 Å². The van der Waals surface area contributed by atoms with Crippen LogP contribution in [0.2, 0.25) is 0 Å². The molecular weight excluding hydrogens is 352 g/mol. The molecule has 1 aromatic carbocycles. The Morgan fingerprint density at radius 1 is 1.21 bits per heavy atom. The topological polar surface area (TPSA) is 55.8 Å². The highest BCUT2D eigenvalue weighted by Crippen LogP contribution is 2.42. The van der Waals surface area contributed by atoms with E-state index in [0.717, 1.165) is 38.5 Å². The number of aryl methyl sites for hydroxylation is 3. The molecule has 1 aromatic rings. The molecule has 3 rings (SSSR count). The molecule has 0 aromatic heterocycles. The molecule has 2 aliphatic rings. The van der Waals surface area contributed by atoms with Gasteiger partial charge >= 0.3 is 5.97 Å². The van der Waals surface area contributed by atoms with Gasteiger partial charge in [-0.15, -0.1) is 0 Å². The molecule has 0 amide bonds. The number of hydrogen-bond acceptors (Lipinski definition) is 4. The lowest BCUT2D eigenvalue weighted by molar-refractivity contribution is -0.208. The lowest BCUT2D eigenvalue weighted by Crippen LogP contribution is -2.41. The monoisotopic (exact) mass is 386 g/mol. The van der Waals surface area contributed by atoms with E-state index in [1.807, 2.05) is 0 Å². The summed E-state index contributed by atoms with van der Waals surface area (Å²) in [6.07, 6.45) is 8.65. The van der Waals surface area contributed by atoms with Crippen molar-refractivity contribution in [1.82, 2.24) is 0 Å². The fraction of sp³-hybridized carbons (Fsp3) is 0.625. The normalized spacial score (nSPS) is 21.6. The summed E-state index contributed by atoms with van der Waals surface area (Å²) >= 11 is 0. The molecule has 4 nitrogen and oxygen atoms in total. The lowest BCUT2D eigenvalue weighted by Gasteiger charge is -2.38. The number of carbonyl (C=O) groups is 1. The Morgan fingerprint density at radius 3 is 2.57 bits per heavy atom. The number of ether oxygens (including phenoxy) is 2. The summed E-state index contributed by atoms with van der Waals surface area (Å²) in [7, 11) is 0. The Bertz CT molecular complexity index is 743. The molecule has 1 N–H and O–H groups in total. The number of cyclic esters (lactones) is 1. The molecule has 0 spiro atoms. The fourth-order valence-corrected chi connectivity index (χ4v) is 4.68. The van der Waals surface area contributed by atoms with Crippen molar-refractivity contribution in [2.75, 3.05) is 0 Å². The Kier molecular flexibility index (Phi) is 6.18. The standard InChI is InChI=1S/C24H34O4/c1-5-19-14-18(11-10-17(19)2)12-13-24(26,20-8-6-7-9-20)16-21-15-22(25)28-23(3,4)27-21/h10-11,14-15,20,26H,5-9,12-13,16H2,1-4H3. The Morgan fingerprint density at radius 2 is 1.93 bits per heavy atom. The van der Waals surface area contributed by atoms with E-state index in [-0.39, 0.29) is 5.92 Å². The van der Waals surface area contributed by atoms with Gasteiger partial charge in [0.05, 0.1) is 11.7 Å². The van der Waals surface area contributed by atoms with Crippen LogP contribution >= 0.6 is 0 Å². The van der Waals surface area contributed by atoms with E-state index < -0.39 is 17.4 Å². The van der Waals surface area contributed by atoms with Crippen molar-refractivity contribution in [3.63, 3.8) is 0 Å². The van der Waals surface area contributed by atoms with Crippen molar-refractivity contribution in [3.05, 3.63) is 46.7 Å². The molecule has 1 atom stereocenters. The average Bonchev–Trinajstić information content (AvgIpc) is 3.14. The minimum absolute atomic E-state index is 0.245. The van der Waals surface area contributed by atoms with Crippen LogP contribution in [0.15, 0.2) is 30.0 Å². The number of esters is 1. The predicted octanol–water partition coefficient (Wildman–Crippen LogP) is 4.99. The smallest absolute Gasteiger partial charge is 0.337 e. The fourth-order valence-electron chi connectivity index (χ4n) is 4.68. The highest BCUT2D eigenvalue weighted by molar-refractivity contribution is 5.83. The molecule has 1 aliphatic carbocycles. The van der Waals surface area contributed by atoms with Gasteiger partial charge in [-0.1, -0.05) is 38.0 Å². The van der Waals surface area contributed by atoms with Crippen molar-refractivity contribution < 1.29 is 19.4 Å². The second kappa shape index (κ2) is 8.28. The average molecular weight is 387 g/mol. The summed E-state index contributed by atoms with van der Waals surface area (Å²) in [5.74, 6) is -0.598. The molecule has 1 aliphatic heterocycles. The Hall–Kier alpha value is -1.81. The first-order valence-electron chi connectivity index (χ1n) is 10.6. The van der Waals surface area contributed by atoms with Crippen LogP contribution in [0.25, 0.3) is 0 Å². The zero-order valence-electron chi connectivity index (χ0n) is 17.7. The minimum atomic E-state index is -0.981. The largest absolute Gasteiger partial charge is 0.457 e. The molecule has 0 radical (unpaired) electrons. The first-order valence-corrected chi connectivity index (χ1v) is 10.6. The third-order valence-electron chi connectivity index (χ3n) is 6.24. The van der Waals surface area contributed by atoms with Crippen LogP contribution in [-0.2, 0) is 27.1 Å². The van der Waals surface area contributed by atoms with E-state index in [1.54, 1.807) is 13.8 Å². The van der Waals surface area contributed by atoms with Gasteiger partial charge in [-0.25, -0.2) is 4.79 Å². The molecule has 1 fully saturated rings. The van der Waals surface area contributed by atoms with Crippen molar-refractivity contribution in [3.8, 4) is 0 Å². The van der Waals surface area contributed by atoms with Crippen LogP contribution in [0.4, 0.5) is 0 Å². The summed E-state index contributed by atoms with van der Waals surface area (Å²) in [5.41, 5.74) is 3.08. The maximum atomic E-state index is 11.9. The molecule has 0 bridgehead atoms. The van der Waals surface area contributed by atoms with Gasteiger partial charge in [0.2, 0.25) is 5.79 Å². The van der Waals surface area contributed by atoms with Gasteiger partial charge in [-0.05, 0) is 61.6 Å². The van der Waals surface area contributed by atoms with Crippen molar-refractivity contribution in [2.45, 2.75) is 90.4 Å². The number of rotatable bonds is 7. The van der Waals surface area contributed by atoms with Crippen molar-refractivity contribution >= 4 is 5.97 Å². The zero-order chi connectivity index (χ0) is 20.4. The van der Waals surface area contributed by atoms with Gasteiger partial charge in [0, 0.05) is 20.3 Å². The number of aliphatic hydroxyl groups is 1. The van der Waals surface area contributed by atoms with Crippen LogP contribution in [0.3, 0.4) is 0 Å². The molecule has 28 heavy (non-hydrogen) atoms. The molecule has 154 valence electrons. The second-order valence-corrected chi connectivity index (χ2v) is 8.91. The highest BCUT2D eigenvalue weighted by atomic mass is 16.7. The Balaban J connectivity index is 1.77. The summed E-state index contributed by atoms with van der Waals surface area (Å²) in [5, 5.41) is 11.7. The molecular formula is C24H34O4. The lowest BCUT2D eigenvalue weighted by atomic mass is 9.78. The van der Waals surface area contributed by atoms with Gasteiger partial charge in [0.25, 0.3) is 0 Å². The molecule has 1 heterocycles. The van der Waals surface area contributed by atoms with Gasteiger partial charge in [0.1, 0.15) is 5.76 Å².